The number of allylic oxidation sites excluding steroid dienone is 1. The van der Waals surface area contributed by atoms with Crippen molar-refractivity contribution in [1.82, 2.24) is 5.32 Å². The van der Waals surface area contributed by atoms with Crippen LogP contribution in [0, 0.1) is 0 Å². The van der Waals surface area contributed by atoms with Gasteiger partial charge >= 0.3 is 0 Å². The Labute approximate surface area is 111 Å². The molecule has 0 amide bonds. The first-order valence-corrected chi connectivity index (χ1v) is 5.92. The lowest BCUT2D eigenvalue weighted by Crippen LogP contribution is -2.59. The van der Waals surface area contributed by atoms with E-state index in [-0.39, 0.29) is 6.61 Å². The molecule has 0 spiro atoms. The molecule has 0 saturated carbocycles. The maximum absolute atomic E-state index is 10.3. The summed E-state index contributed by atoms with van der Waals surface area (Å²) in [5.41, 5.74) is 5.92. The van der Waals surface area contributed by atoms with E-state index in [1.54, 1.807) is 18.9 Å². The monoisotopic (exact) mass is 272 g/mol. The fourth-order valence-electron chi connectivity index (χ4n) is 2.03. The van der Waals surface area contributed by atoms with Crippen molar-refractivity contribution < 1.29 is 24.5 Å². The van der Waals surface area contributed by atoms with E-state index in [1.807, 2.05) is 0 Å². The van der Waals surface area contributed by atoms with Gasteiger partial charge in [-0.25, -0.2) is 4.79 Å². The molecule has 7 heteroatoms. The van der Waals surface area contributed by atoms with Crippen LogP contribution in [0.25, 0.3) is 0 Å². The number of nitrogens with two attached hydrogens (primary N) is 1. The Morgan fingerprint density at radius 2 is 2.37 bits per heavy atom. The molecule has 19 heavy (non-hydrogen) atoms. The predicted molar refractivity (Wildman–Crippen MR) is 67.7 cm³/mol. The number of carbonyl (C=O) groups excluding carboxylic acids is 1. The van der Waals surface area contributed by atoms with Gasteiger partial charge < -0.3 is 30.7 Å². The maximum Gasteiger partial charge on any atom is 0.148 e. The van der Waals surface area contributed by atoms with Gasteiger partial charge in [0.25, 0.3) is 0 Å². The second-order valence-corrected chi connectivity index (χ2v) is 4.41. The van der Waals surface area contributed by atoms with Gasteiger partial charge in [0, 0.05) is 7.11 Å². The summed E-state index contributed by atoms with van der Waals surface area (Å²) in [5.74, 6) is 2.12. The number of hydrogen-bond acceptors (Lipinski definition) is 7. The Kier molecular flexibility index (Phi) is 6.01. The summed E-state index contributed by atoms with van der Waals surface area (Å²) in [5, 5.41) is 22.6. The summed E-state index contributed by atoms with van der Waals surface area (Å²) in [6.45, 7) is 1.67. The van der Waals surface area contributed by atoms with E-state index in [9.17, 15) is 15.0 Å². The quantitative estimate of drug-likeness (QED) is 0.426. The van der Waals surface area contributed by atoms with Gasteiger partial charge in [-0.2, -0.15) is 0 Å². The zero-order chi connectivity index (χ0) is 14.4. The van der Waals surface area contributed by atoms with Crippen molar-refractivity contribution >= 4 is 5.94 Å². The largest absolute Gasteiger partial charge is 0.490 e. The Bertz CT molecular complexity index is 367. The predicted octanol–water partition coefficient (Wildman–Crippen LogP) is -1.71. The third-order valence-corrected chi connectivity index (χ3v) is 2.92. The molecule has 0 bridgehead atoms. The maximum atomic E-state index is 10.3. The summed E-state index contributed by atoms with van der Waals surface area (Å²) >= 11 is 0. The number of methoxy groups -OCH3 is 1. The minimum atomic E-state index is -1.20. The molecule has 0 aromatic carbocycles. The molecule has 1 rings (SSSR count). The summed E-state index contributed by atoms with van der Waals surface area (Å²) in [4.78, 5) is 10.3. The van der Waals surface area contributed by atoms with Crippen LogP contribution in [0.1, 0.15) is 6.92 Å². The zero-order valence-corrected chi connectivity index (χ0v) is 10.9. The molecule has 108 valence electrons. The van der Waals surface area contributed by atoms with Crippen molar-refractivity contribution in [2.75, 3.05) is 13.7 Å². The van der Waals surface area contributed by atoms with Gasteiger partial charge in [0.1, 0.15) is 24.3 Å². The van der Waals surface area contributed by atoms with Crippen LogP contribution < -0.4 is 11.1 Å². The Morgan fingerprint density at radius 3 is 2.95 bits per heavy atom. The molecule has 0 aromatic rings. The summed E-state index contributed by atoms with van der Waals surface area (Å²) in [6, 6.07) is -1.01. The van der Waals surface area contributed by atoms with Crippen LogP contribution in [0.2, 0.25) is 0 Å². The molecule has 5 atom stereocenters. The standard InChI is InChI=1S/C12H20N2O5/c1-7-5-8(13)10(14-3-4-15)12(19-7)11(17)9(16)6-18-2/h3,5,8-12,14,16-17H,6,13H2,1-2H3/t8?,9?,10?,11?,12-/m1/s1. The van der Waals surface area contributed by atoms with Crippen molar-refractivity contribution in [2.45, 2.75) is 37.3 Å². The topological polar surface area (TPSA) is 114 Å². The van der Waals surface area contributed by atoms with E-state index in [4.69, 9.17) is 15.2 Å². The number of ether oxygens (including phenoxy) is 2. The first kappa shape index (κ1) is 15.7. The van der Waals surface area contributed by atoms with Crippen molar-refractivity contribution in [3.05, 3.63) is 18.0 Å². The van der Waals surface area contributed by atoms with Crippen LogP contribution in [0.5, 0.6) is 0 Å². The third-order valence-electron chi connectivity index (χ3n) is 2.92. The highest BCUT2D eigenvalue weighted by Gasteiger charge is 2.39. The molecule has 4 unspecified atom stereocenters. The lowest BCUT2D eigenvalue weighted by atomic mass is 9.93. The van der Waals surface area contributed by atoms with Gasteiger partial charge in [0.2, 0.25) is 0 Å². The number of hydrogen-bond donors (Lipinski definition) is 4. The Hall–Kier alpha value is -1.37. The first-order valence-electron chi connectivity index (χ1n) is 5.92. The van der Waals surface area contributed by atoms with E-state index >= 15 is 0 Å². The van der Waals surface area contributed by atoms with Crippen LogP contribution in [-0.4, -0.2) is 60.3 Å². The first-order chi connectivity index (χ1) is 9.01. The lowest BCUT2D eigenvalue weighted by molar-refractivity contribution is -0.105. The van der Waals surface area contributed by atoms with Crippen molar-refractivity contribution in [1.29, 1.82) is 0 Å². The van der Waals surface area contributed by atoms with Gasteiger partial charge in [-0.15, -0.1) is 0 Å². The molecule has 1 aliphatic heterocycles. The van der Waals surface area contributed by atoms with Crippen LogP contribution in [0.3, 0.4) is 0 Å². The molecule has 0 radical (unpaired) electrons. The van der Waals surface area contributed by atoms with Crippen LogP contribution in [0.4, 0.5) is 0 Å². The molecule has 1 heterocycles. The minimum Gasteiger partial charge on any atom is -0.490 e. The van der Waals surface area contributed by atoms with Crippen molar-refractivity contribution in [3.8, 4) is 0 Å². The highest BCUT2D eigenvalue weighted by atomic mass is 16.5. The molecule has 5 N–H and O–H groups in total. The molecule has 1 aliphatic rings. The summed E-state index contributed by atoms with van der Waals surface area (Å²) in [6.07, 6.45) is -0.382. The Morgan fingerprint density at radius 1 is 1.68 bits per heavy atom. The molecule has 7 nitrogen and oxygen atoms in total. The highest BCUT2D eigenvalue weighted by Crippen LogP contribution is 2.21. The van der Waals surface area contributed by atoms with Gasteiger partial charge in [0.15, 0.2) is 0 Å². The second-order valence-electron chi connectivity index (χ2n) is 4.41. The molecular weight excluding hydrogens is 252 g/mol. The van der Waals surface area contributed by atoms with Gasteiger partial charge in [0.05, 0.1) is 30.6 Å². The van der Waals surface area contributed by atoms with Gasteiger partial charge in [-0.3, -0.25) is 0 Å². The van der Waals surface area contributed by atoms with E-state index in [0.717, 1.165) is 6.20 Å². The normalized spacial score (nSPS) is 29.5. The van der Waals surface area contributed by atoms with E-state index in [1.165, 1.54) is 7.11 Å². The fourth-order valence-corrected chi connectivity index (χ4v) is 2.03. The molecule has 0 aromatic heterocycles. The SMILES string of the molecule is COCC(O)C(O)[C@@H]1OC(C)=CC(N)C1NC=C=O. The summed E-state index contributed by atoms with van der Waals surface area (Å²) < 4.78 is 10.3. The Balaban J connectivity index is 2.86. The fraction of sp³-hybridized carbons (Fsp3) is 0.667. The van der Waals surface area contributed by atoms with Crippen LogP contribution in [0.15, 0.2) is 18.0 Å². The van der Waals surface area contributed by atoms with Gasteiger partial charge in [-0.05, 0) is 13.0 Å². The number of aliphatic hydroxyl groups excluding tert-OH is 2. The second kappa shape index (κ2) is 7.28. The molecule has 0 saturated heterocycles. The third kappa shape index (κ3) is 4.05. The average Bonchev–Trinajstić information content (AvgIpc) is 2.36. The summed E-state index contributed by atoms with van der Waals surface area (Å²) in [7, 11) is 1.42. The van der Waals surface area contributed by atoms with E-state index in [0.29, 0.717) is 5.76 Å². The zero-order valence-electron chi connectivity index (χ0n) is 10.9. The number of nitrogens with one attached hydrogen (secondary N) is 1. The number of rotatable bonds is 6. The number of aliphatic hydroxyl groups is 2. The van der Waals surface area contributed by atoms with Crippen molar-refractivity contribution in [3.63, 3.8) is 0 Å². The highest BCUT2D eigenvalue weighted by molar-refractivity contribution is 5.44. The minimum absolute atomic E-state index is 0.0325. The lowest BCUT2D eigenvalue weighted by Gasteiger charge is -2.38. The van der Waals surface area contributed by atoms with Crippen LogP contribution >= 0.6 is 0 Å². The van der Waals surface area contributed by atoms with Crippen LogP contribution in [-0.2, 0) is 14.3 Å². The smallest absolute Gasteiger partial charge is 0.148 e. The van der Waals surface area contributed by atoms with Crippen molar-refractivity contribution in [2.24, 2.45) is 5.73 Å². The van der Waals surface area contributed by atoms with E-state index in [2.05, 4.69) is 5.32 Å². The van der Waals surface area contributed by atoms with Gasteiger partial charge in [-0.1, -0.05) is 0 Å². The molecule has 0 fully saturated rings. The molecular formula is C12H20N2O5. The molecule has 0 aliphatic carbocycles. The average molecular weight is 272 g/mol. The van der Waals surface area contributed by atoms with E-state index < -0.39 is 30.4 Å².